The minimum absolute atomic E-state index is 0.0131. The third-order valence-corrected chi connectivity index (χ3v) is 5.78. The van der Waals surface area contributed by atoms with Crippen molar-refractivity contribution in [2.75, 3.05) is 27.3 Å². The lowest BCUT2D eigenvalue weighted by Gasteiger charge is -2.37. The second-order valence-corrected chi connectivity index (χ2v) is 7.62. The first-order valence-corrected chi connectivity index (χ1v) is 10.4. The molecule has 162 valence electrons. The quantitative estimate of drug-likeness (QED) is 0.740. The van der Waals surface area contributed by atoms with Gasteiger partial charge in [0.2, 0.25) is 5.91 Å². The lowest BCUT2D eigenvalue weighted by molar-refractivity contribution is -0.135. The molecule has 0 saturated carbocycles. The third kappa shape index (κ3) is 4.38. The molecule has 0 atom stereocenters. The van der Waals surface area contributed by atoms with E-state index < -0.39 is 0 Å². The van der Waals surface area contributed by atoms with Gasteiger partial charge in [-0.15, -0.1) is 0 Å². The highest BCUT2D eigenvalue weighted by Gasteiger charge is 2.32. The number of amides is 2. The zero-order valence-electron chi connectivity index (χ0n) is 17.8. The number of nitrogens with zero attached hydrogens (tertiary/aromatic N) is 4. The normalized spacial score (nSPS) is 17.4. The van der Waals surface area contributed by atoms with E-state index in [0.29, 0.717) is 55.8 Å². The van der Waals surface area contributed by atoms with E-state index in [-0.39, 0.29) is 17.9 Å². The van der Waals surface area contributed by atoms with Crippen LogP contribution in [0.5, 0.6) is 11.5 Å². The van der Waals surface area contributed by atoms with Crippen molar-refractivity contribution in [1.82, 2.24) is 14.9 Å². The van der Waals surface area contributed by atoms with Crippen LogP contribution in [0.3, 0.4) is 0 Å². The second kappa shape index (κ2) is 9.16. The monoisotopic (exact) mass is 422 g/mol. The van der Waals surface area contributed by atoms with E-state index >= 15 is 0 Å². The van der Waals surface area contributed by atoms with Crippen molar-refractivity contribution >= 4 is 17.5 Å². The molecule has 3 heterocycles. The van der Waals surface area contributed by atoms with Crippen LogP contribution in [0.1, 0.15) is 41.6 Å². The number of piperidine rings is 1. The van der Waals surface area contributed by atoms with E-state index in [9.17, 15) is 9.59 Å². The predicted molar refractivity (Wildman–Crippen MR) is 115 cm³/mol. The third-order valence-electron chi connectivity index (χ3n) is 5.78. The molecule has 0 radical (unpaired) electrons. The van der Waals surface area contributed by atoms with Crippen molar-refractivity contribution in [3.63, 3.8) is 0 Å². The number of carbonyl (C=O) groups excluding carboxylic acids is 2. The van der Waals surface area contributed by atoms with E-state index in [1.807, 2.05) is 23.1 Å². The van der Waals surface area contributed by atoms with Crippen LogP contribution >= 0.6 is 0 Å². The molecule has 0 aliphatic carbocycles. The summed E-state index contributed by atoms with van der Waals surface area (Å²) in [5, 5.41) is 6.33. The lowest BCUT2D eigenvalue weighted by atomic mass is 10.00. The summed E-state index contributed by atoms with van der Waals surface area (Å²) in [5.74, 6) is 1.29. The molecule has 1 aromatic heterocycles. The number of aromatic nitrogens is 1. The van der Waals surface area contributed by atoms with Crippen molar-refractivity contribution in [2.45, 2.75) is 31.7 Å². The minimum Gasteiger partial charge on any atom is -0.493 e. The number of carbonyl (C=O) groups is 2. The number of likely N-dealkylation sites (tertiary alicyclic amines) is 1. The molecule has 0 unspecified atom stereocenters. The lowest BCUT2D eigenvalue weighted by Crippen LogP contribution is -2.48. The summed E-state index contributed by atoms with van der Waals surface area (Å²) in [7, 11) is 3.20. The number of hydrogen-bond acceptors (Lipinski definition) is 6. The van der Waals surface area contributed by atoms with Crippen LogP contribution in [0, 0.1) is 0 Å². The molecule has 0 N–H and O–H groups in total. The first kappa shape index (κ1) is 20.8. The maximum atomic E-state index is 12.7. The van der Waals surface area contributed by atoms with Crippen molar-refractivity contribution < 1.29 is 19.1 Å². The van der Waals surface area contributed by atoms with Gasteiger partial charge >= 0.3 is 0 Å². The zero-order valence-corrected chi connectivity index (χ0v) is 17.8. The van der Waals surface area contributed by atoms with Gasteiger partial charge in [0, 0.05) is 43.9 Å². The van der Waals surface area contributed by atoms with Crippen molar-refractivity contribution in [1.29, 1.82) is 0 Å². The molecular formula is C23H26N4O4. The Bertz CT molecular complexity index is 984. The number of hydrogen-bond donors (Lipinski definition) is 0. The fourth-order valence-corrected chi connectivity index (χ4v) is 4.06. The average Bonchev–Trinajstić information content (AvgIpc) is 2.84. The Morgan fingerprint density at radius 1 is 1.06 bits per heavy atom. The standard InChI is InChI=1S/C23H26N4O4/c1-30-20-7-5-16(14-21(20)31-2)19-6-8-22(28)27(25-19)18-9-12-26(13-10-18)23(29)17-4-3-11-24-15-17/h3-5,7,11,14-15,18H,6,8-10,12-13H2,1-2H3. The average molecular weight is 422 g/mol. The summed E-state index contributed by atoms with van der Waals surface area (Å²) in [5.41, 5.74) is 2.36. The number of rotatable bonds is 5. The number of pyridine rings is 1. The molecular weight excluding hydrogens is 396 g/mol. The van der Waals surface area contributed by atoms with Gasteiger partial charge in [-0.05, 0) is 43.2 Å². The first-order chi connectivity index (χ1) is 15.1. The molecule has 2 amide bonds. The van der Waals surface area contributed by atoms with Crippen LogP contribution in [0.25, 0.3) is 0 Å². The predicted octanol–water partition coefficient (Wildman–Crippen LogP) is 2.73. The Labute approximate surface area is 181 Å². The summed E-state index contributed by atoms with van der Waals surface area (Å²) < 4.78 is 10.7. The molecule has 8 heteroatoms. The van der Waals surface area contributed by atoms with E-state index in [4.69, 9.17) is 14.6 Å². The van der Waals surface area contributed by atoms with Crippen LogP contribution in [0.4, 0.5) is 0 Å². The van der Waals surface area contributed by atoms with E-state index in [2.05, 4.69) is 4.98 Å². The number of ether oxygens (including phenoxy) is 2. The molecule has 4 rings (SSSR count). The van der Waals surface area contributed by atoms with E-state index in [1.54, 1.807) is 43.8 Å². The largest absolute Gasteiger partial charge is 0.493 e. The van der Waals surface area contributed by atoms with Gasteiger partial charge in [0.15, 0.2) is 11.5 Å². The van der Waals surface area contributed by atoms with Gasteiger partial charge in [-0.1, -0.05) is 0 Å². The molecule has 2 aliphatic rings. The summed E-state index contributed by atoms with van der Waals surface area (Å²) in [4.78, 5) is 31.1. The van der Waals surface area contributed by atoms with Gasteiger partial charge in [-0.25, -0.2) is 5.01 Å². The SMILES string of the molecule is COc1ccc(C2=NN(C3CCN(C(=O)c4cccnc4)CC3)C(=O)CC2)cc1OC. The molecule has 2 aliphatic heterocycles. The molecule has 1 fully saturated rings. The van der Waals surface area contributed by atoms with Crippen LogP contribution in [-0.4, -0.2) is 65.8 Å². The second-order valence-electron chi connectivity index (χ2n) is 7.62. The van der Waals surface area contributed by atoms with Gasteiger partial charge in [-0.3, -0.25) is 14.6 Å². The van der Waals surface area contributed by atoms with Crippen molar-refractivity contribution in [2.24, 2.45) is 5.10 Å². The Morgan fingerprint density at radius 3 is 2.52 bits per heavy atom. The highest BCUT2D eigenvalue weighted by atomic mass is 16.5. The number of benzene rings is 1. The molecule has 1 saturated heterocycles. The molecule has 2 aromatic rings. The fraction of sp³-hybridized carbons (Fsp3) is 0.391. The minimum atomic E-state index is -0.0222. The van der Waals surface area contributed by atoms with Gasteiger partial charge in [0.25, 0.3) is 5.91 Å². The van der Waals surface area contributed by atoms with Crippen molar-refractivity contribution in [3.8, 4) is 11.5 Å². The Balaban J connectivity index is 1.47. The van der Waals surface area contributed by atoms with Crippen LogP contribution in [0.2, 0.25) is 0 Å². The summed E-state index contributed by atoms with van der Waals surface area (Å²) >= 11 is 0. The van der Waals surface area contributed by atoms with E-state index in [0.717, 1.165) is 11.3 Å². The fourth-order valence-electron chi connectivity index (χ4n) is 4.06. The van der Waals surface area contributed by atoms with E-state index in [1.165, 1.54) is 0 Å². The maximum absolute atomic E-state index is 12.7. The molecule has 31 heavy (non-hydrogen) atoms. The smallest absolute Gasteiger partial charge is 0.255 e. The van der Waals surface area contributed by atoms with Gasteiger partial charge in [0.1, 0.15) is 0 Å². The van der Waals surface area contributed by atoms with Crippen molar-refractivity contribution in [3.05, 3.63) is 53.9 Å². The summed E-state index contributed by atoms with van der Waals surface area (Å²) in [6.07, 6.45) is 5.63. The topological polar surface area (TPSA) is 84.3 Å². The van der Waals surface area contributed by atoms with Gasteiger partial charge in [0.05, 0.1) is 31.5 Å². The highest BCUT2D eigenvalue weighted by Crippen LogP contribution is 2.30. The number of methoxy groups -OCH3 is 2. The Kier molecular flexibility index (Phi) is 6.16. The van der Waals surface area contributed by atoms with Crippen LogP contribution < -0.4 is 9.47 Å². The van der Waals surface area contributed by atoms with Crippen LogP contribution in [-0.2, 0) is 4.79 Å². The number of hydrazone groups is 1. The molecule has 0 spiro atoms. The summed E-state index contributed by atoms with van der Waals surface area (Å²) in [6, 6.07) is 9.19. The van der Waals surface area contributed by atoms with Gasteiger partial charge in [-0.2, -0.15) is 5.10 Å². The first-order valence-electron chi connectivity index (χ1n) is 10.4. The maximum Gasteiger partial charge on any atom is 0.255 e. The molecule has 0 bridgehead atoms. The molecule has 8 nitrogen and oxygen atoms in total. The molecule has 1 aromatic carbocycles. The van der Waals surface area contributed by atoms with Crippen LogP contribution in [0.15, 0.2) is 47.8 Å². The summed E-state index contributed by atoms with van der Waals surface area (Å²) in [6.45, 7) is 1.17. The van der Waals surface area contributed by atoms with Gasteiger partial charge < -0.3 is 14.4 Å². The zero-order chi connectivity index (χ0) is 21.8. The Hall–Kier alpha value is -3.42. The highest BCUT2D eigenvalue weighted by molar-refractivity contribution is 6.04. The Morgan fingerprint density at radius 2 is 1.84 bits per heavy atom.